The molecule has 0 spiro atoms. The van der Waals surface area contributed by atoms with E-state index in [0.717, 1.165) is 13.1 Å². The Morgan fingerprint density at radius 3 is 3.00 bits per heavy atom. The van der Waals surface area contributed by atoms with Crippen LogP contribution in [0.25, 0.3) is 0 Å². The minimum atomic E-state index is 0.103. The third kappa shape index (κ3) is 2.78. The maximum absolute atomic E-state index is 11.6. The average Bonchev–Trinajstić information content (AvgIpc) is 2.18. The molecule has 1 saturated heterocycles. The number of carbonyl (C=O) groups is 1. The topological polar surface area (TPSA) is 41.1 Å². The lowest BCUT2D eigenvalue weighted by molar-refractivity contribution is -0.122. The number of piperidine rings is 1. The molecule has 1 fully saturated rings. The van der Waals surface area contributed by atoms with Crippen LogP contribution < -0.4 is 10.6 Å². The zero-order valence-electron chi connectivity index (χ0n) is 8.60. The molecular weight excluding hydrogens is 164 g/mol. The van der Waals surface area contributed by atoms with Crippen molar-refractivity contribution in [2.75, 3.05) is 20.1 Å². The maximum atomic E-state index is 11.6. The Bertz CT molecular complexity index is 168. The first-order chi connectivity index (χ1) is 6.29. The van der Waals surface area contributed by atoms with Gasteiger partial charge in [-0.3, -0.25) is 4.79 Å². The minimum Gasteiger partial charge on any atom is -0.319 e. The first kappa shape index (κ1) is 10.7. The molecule has 3 heteroatoms. The molecule has 2 N–H and O–H groups in total. The number of nitrogens with one attached hydrogen (secondary N) is 2. The van der Waals surface area contributed by atoms with Crippen LogP contribution in [0.5, 0.6) is 0 Å². The standard InChI is InChI=1S/C10H20N2O/c1-3-9(13)10-8(7-11-2)5-4-6-12-10/h8,10-12H,3-7H2,1-2H3. The van der Waals surface area contributed by atoms with E-state index in [-0.39, 0.29) is 6.04 Å². The van der Waals surface area contributed by atoms with Crippen LogP contribution in [0.4, 0.5) is 0 Å². The fraction of sp³-hybridized carbons (Fsp3) is 0.900. The van der Waals surface area contributed by atoms with Crippen molar-refractivity contribution in [3.8, 4) is 0 Å². The minimum absolute atomic E-state index is 0.103. The lowest BCUT2D eigenvalue weighted by Crippen LogP contribution is -2.49. The van der Waals surface area contributed by atoms with Crippen molar-refractivity contribution >= 4 is 5.78 Å². The molecule has 0 radical (unpaired) electrons. The van der Waals surface area contributed by atoms with Gasteiger partial charge in [0.05, 0.1) is 6.04 Å². The summed E-state index contributed by atoms with van der Waals surface area (Å²) in [5.41, 5.74) is 0. The van der Waals surface area contributed by atoms with Gasteiger partial charge in [-0.05, 0) is 38.9 Å². The van der Waals surface area contributed by atoms with Gasteiger partial charge in [-0.15, -0.1) is 0 Å². The number of hydrogen-bond acceptors (Lipinski definition) is 3. The largest absolute Gasteiger partial charge is 0.319 e. The van der Waals surface area contributed by atoms with Gasteiger partial charge in [-0.2, -0.15) is 0 Å². The van der Waals surface area contributed by atoms with Crippen LogP contribution in [-0.4, -0.2) is 32.0 Å². The summed E-state index contributed by atoms with van der Waals surface area (Å²) in [7, 11) is 1.95. The van der Waals surface area contributed by atoms with E-state index in [1.807, 2.05) is 14.0 Å². The van der Waals surface area contributed by atoms with E-state index in [4.69, 9.17) is 0 Å². The molecule has 0 aromatic carbocycles. The van der Waals surface area contributed by atoms with Crippen LogP contribution in [0.15, 0.2) is 0 Å². The lowest BCUT2D eigenvalue weighted by Gasteiger charge is -2.31. The van der Waals surface area contributed by atoms with Gasteiger partial charge < -0.3 is 10.6 Å². The summed E-state index contributed by atoms with van der Waals surface area (Å²) in [4.78, 5) is 11.6. The number of rotatable bonds is 4. The smallest absolute Gasteiger partial charge is 0.149 e. The van der Waals surface area contributed by atoms with Crippen molar-refractivity contribution in [2.24, 2.45) is 5.92 Å². The predicted molar refractivity (Wildman–Crippen MR) is 53.7 cm³/mol. The molecule has 1 aliphatic rings. The molecule has 1 heterocycles. The second kappa shape index (κ2) is 5.35. The molecule has 0 amide bonds. The molecule has 1 aliphatic heterocycles. The molecule has 0 aromatic heterocycles. The van der Waals surface area contributed by atoms with Crippen molar-refractivity contribution in [2.45, 2.75) is 32.2 Å². The van der Waals surface area contributed by atoms with Crippen molar-refractivity contribution in [3.63, 3.8) is 0 Å². The highest BCUT2D eigenvalue weighted by Crippen LogP contribution is 2.17. The summed E-state index contributed by atoms with van der Waals surface area (Å²) >= 11 is 0. The Morgan fingerprint density at radius 1 is 1.62 bits per heavy atom. The second-order valence-electron chi connectivity index (χ2n) is 3.71. The first-order valence-electron chi connectivity index (χ1n) is 5.20. The Labute approximate surface area is 80.3 Å². The van der Waals surface area contributed by atoms with E-state index in [0.29, 0.717) is 18.1 Å². The normalized spacial score (nSPS) is 28.8. The summed E-state index contributed by atoms with van der Waals surface area (Å²) in [6.45, 7) is 3.88. The third-order valence-electron chi connectivity index (χ3n) is 2.75. The number of Topliss-reactive ketones (excluding diaryl/α,β-unsaturated/α-hetero) is 1. The quantitative estimate of drug-likeness (QED) is 0.670. The first-order valence-corrected chi connectivity index (χ1v) is 5.20. The van der Waals surface area contributed by atoms with Crippen molar-refractivity contribution < 1.29 is 4.79 Å². The molecule has 0 aliphatic carbocycles. The van der Waals surface area contributed by atoms with Crippen LogP contribution in [0.3, 0.4) is 0 Å². The van der Waals surface area contributed by atoms with Gasteiger partial charge in [0.1, 0.15) is 5.78 Å². The summed E-state index contributed by atoms with van der Waals surface area (Å²) < 4.78 is 0. The van der Waals surface area contributed by atoms with E-state index in [9.17, 15) is 4.79 Å². The molecule has 0 aromatic rings. The predicted octanol–water partition coefficient (Wildman–Crippen LogP) is 0.553. The Morgan fingerprint density at radius 2 is 2.38 bits per heavy atom. The highest BCUT2D eigenvalue weighted by atomic mass is 16.1. The number of hydrogen-bond donors (Lipinski definition) is 2. The Balaban J connectivity index is 2.50. The highest BCUT2D eigenvalue weighted by molar-refractivity contribution is 5.84. The van der Waals surface area contributed by atoms with Gasteiger partial charge in [0.2, 0.25) is 0 Å². The van der Waals surface area contributed by atoms with Gasteiger partial charge in [0.25, 0.3) is 0 Å². The molecule has 1 rings (SSSR count). The Kier molecular flexibility index (Phi) is 4.39. The summed E-state index contributed by atoms with van der Waals surface area (Å²) in [5.74, 6) is 0.853. The monoisotopic (exact) mass is 184 g/mol. The lowest BCUT2D eigenvalue weighted by atomic mass is 9.87. The zero-order valence-corrected chi connectivity index (χ0v) is 8.60. The average molecular weight is 184 g/mol. The van der Waals surface area contributed by atoms with Crippen molar-refractivity contribution in [3.05, 3.63) is 0 Å². The molecule has 0 saturated carbocycles. The van der Waals surface area contributed by atoms with Crippen LogP contribution >= 0.6 is 0 Å². The molecule has 0 bridgehead atoms. The summed E-state index contributed by atoms with van der Waals surface area (Å²) in [6, 6.07) is 0.103. The van der Waals surface area contributed by atoms with Crippen molar-refractivity contribution in [1.82, 2.24) is 10.6 Å². The van der Waals surface area contributed by atoms with Crippen LogP contribution in [0.1, 0.15) is 26.2 Å². The maximum Gasteiger partial charge on any atom is 0.149 e. The van der Waals surface area contributed by atoms with E-state index in [1.165, 1.54) is 12.8 Å². The van der Waals surface area contributed by atoms with E-state index in [2.05, 4.69) is 10.6 Å². The number of carbonyl (C=O) groups excluding carboxylic acids is 1. The van der Waals surface area contributed by atoms with Gasteiger partial charge in [-0.25, -0.2) is 0 Å². The fourth-order valence-electron chi connectivity index (χ4n) is 2.03. The van der Waals surface area contributed by atoms with Gasteiger partial charge in [-0.1, -0.05) is 6.92 Å². The Hall–Kier alpha value is -0.410. The van der Waals surface area contributed by atoms with E-state index in [1.54, 1.807) is 0 Å². The number of ketones is 1. The third-order valence-corrected chi connectivity index (χ3v) is 2.75. The van der Waals surface area contributed by atoms with E-state index < -0.39 is 0 Å². The second-order valence-corrected chi connectivity index (χ2v) is 3.71. The molecular formula is C10H20N2O. The van der Waals surface area contributed by atoms with Crippen LogP contribution in [-0.2, 0) is 4.79 Å². The zero-order chi connectivity index (χ0) is 9.68. The van der Waals surface area contributed by atoms with Gasteiger partial charge in [0, 0.05) is 6.42 Å². The fourth-order valence-corrected chi connectivity index (χ4v) is 2.03. The van der Waals surface area contributed by atoms with Gasteiger partial charge in [0.15, 0.2) is 0 Å². The molecule has 2 unspecified atom stereocenters. The highest BCUT2D eigenvalue weighted by Gasteiger charge is 2.28. The molecule has 2 atom stereocenters. The molecule has 3 nitrogen and oxygen atoms in total. The van der Waals surface area contributed by atoms with Gasteiger partial charge >= 0.3 is 0 Å². The summed E-state index contributed by atoms with van der Waals surface area (Å²) in [6.07, 6.45) is 3.02. The molecule has 76 valence electrons. The van der Waals surface area contributed by atoms with Crippen LogP contribution in [0, 0.1) is 5.92 Å². The van der Waals surface area contributed by atoms with Crippen LogP contribution in [0.2, 0.25) is 0 Å². The molecule has 13 heavy (non-hydrogen) atoms. The van der Waals surface area contributed by atoms with Crippen molar-refractivity contribution in [1.29, 1.82) is 0 Å². The van der Waals surface area contributed by atoms with E-state index >= 15 is 0 Å². The summed E-state index contributed by atoms with van der Waals surface area (Å²) in [5, 5.41) is 6.47. The SMILES string of the molecule is CCC(=O)C1NCCCC1CNC.